The van der Waals surface area contributed by atoms with Crippen LogP contribution < -0.4 is 0 Å². The molecule has 1 heterocycles. The molecule has 0 amide bonds. The van der Waals surface area contributed by atoms with Gasteiger partial charge in [0.15, 0.2) is 0 Å². The monoisotopic (exact) mass is 146 g/mol. The lowest BCUT2D eigenvalue weighted by molar-refractivity contribution is -0.382. The molecule has 0 N–H and O–H groups in total. The molecular formula is C7H14O3. The molecule has 3 nitrogen and oxygen atoms in total. The van der Waals surface area contributed by atoms with Crippen molar-refractivity contribution >= 4 is 6.79 Å². The minimum absolute atomic E-state index is 0.778. The van der Waals surface area contributed by atoms with Gasteiger partial charge in [-0.05, 0) is 0 Å². The first-order chi connectivity index (χ1) is 5.00. The molecule has 1 aliphatic heterocycles. The SMILES string of the molecule is C1COO1.C=C.C=C.C=O. The summed E-state index contributed by atoms with van der Waals surface area (Å²) in [4.78, 5) is 16.4. The number of hydrogen-bond acceptors (Lipinski definition) is 3. The van der Waals surface area contributed by atoms with Crippen LogP contribution in [0.1, 0.15) is 0 Å². The molecule has 0 bridgehead atoms. The van der Waals surface area contributed by atoms with E-state index in [1.807, 2.05) is 6.79 Å². The largest absolute Gasteiger partial charge is 0.307 e. The molecule has 3 heteroatoms. The minimum atomic E-state index is 0.778. The number of carbonyl (C=O) groups is 1. The van der Waals surface area contributed by atoms with Crippen LogP contribution in [0.5, 0.6) is 0 Å². The summed E-state index contributed by atoms with van der Waals surface area (Å²) in [7, 11) is 0. The van der Waals surface area contributed by atoms with Gasteiger partial charge in [-0.15, -0.1) is 26.3 Å². The standard InChI is InChI=1S/C2H4O2.2C2H4.CH2O/c1-2-4-3-1;3*1-2/h1-2H2;2*1-2H2;1H2. The van der Waals surface area contributed by atoms with Crippen molar-refractivity contribution < 1.29 is 14.6 Å². The van der Waals surface area contributed by atoms with E-state index in [2.05, 4.69) is 36.1 Å². The minimum Gasteiger partial charge on any atom is -0.307 e. The molecule has 0 spiro atoms. The number of rotatable bonds is 0. The normalized spacial score (nSPS) is 10.8. The predicted molar refractivity (Wildman–Crippen MR) is 41.5 cm³/mol. The van der Waals surface area contributed by atoms with E-state index in [-0.39, 0.29) is 0 Å². The average molecular weight is 146 g/mol. The van der Waals surface area contributed by atoms with Gasteiger partial charge in [0.1, 0.15) is 20.0 Å². The first kappa shape index (κ1) is 16.0. The Hall–Kier alpha value is -0.930. The maximum Gasteiger partial charge on any atom is 0.109 e. The highest BCUT2D eigenvalue weighted by Crippen LogP contribution is 1.87. The summed E-state index contributed by atoms with van der Waals surface area (Å²) in [6.45, 7) is 15.6. The summed E-state index contributed by atoms with van der Waals surface area (Å²) in [5.41, 5.74) is 0. The van der Waals surface area contributed by atoms with Gasteiger partial charge >= 0.3 is 0 Å². The third-order valence-electron chi connectivity index (χ3n) is 0.333. The smallest absolute Gasteiger partial charge is 0.109 e. The molecular weight excluding hydrogens is 132 g/mol. The predicted octanol–water partition coefficient (Wildman–Crippen LogP) is 1.37. The van der Waals surface area contributed by atoms with Crippen LogP contribution in [-0.2, 0) is 14.6 Å². The van der Waals surface area contributed by atoms with E-state index in [1.165, 1.54) is 0 Å². The zero-order chi connectivity index (χ0) is 8.83. The molecule has 0 aliphatic carbocycles. The third kappa shape index (κ3) is 27.6. The summed E-state index contributed by atoms with van der Waals surface area (Å²) in [5, 5.41) is 0. The molecule has 0 aromatic rings. The molecule has 1 aliphatic rings. The van der Waals surface area contributed by atoms with E-state index in [1.54, 1.807) is 0 Å². The summed E-state index contributed by atoms with van der Waals surface area (Å²) in [6, 6.07) is 0. The molecule has 0 saturated carbocycles. The molecule has 0 unspecified atom stereocenters. The first-order valence-electron chi connectivity index (χ1n) is 2.53. The van der Waals surface area contributed by atoms with E-state index in [9.17, 15) is 0 Å². The van der Waals surface area contributed by atoms with Gasteiger partial charge in [0.25, 0.3) is 0 Å². The van der Waals surface area contributed by atoms with E-state index in [4.69, 9.17) is 4.79 Å². The molecule has 60 valence electrons. The van der Waals surface area contributed by atoms with Crippen molar-refractivity contribution in [1.29, 1.82) is 0 Å². The highest BCUT2D eigenvalue weighted by Gasteiger charge is 1.95. The van der Waals surface area contributed by atoms with Gasteiger partial charge in [0.05, 0.1) is 0 Å². The van der Waals surface area contributed by atoms with Crippen molar-refractivity contribution in [3.8, 4) is 0 Å². The summed E-state index contributed by atoms with van der Waals surface area (Å²) >= 11 is 0. The average Bonchev–Trinajstić information content (AvgIpc) is 1.96. The zero-order valence-corrected chi connectivity index (χ0v) is 6.17. The summed E-state index contributed by atoms with van der Waals surface area (Å²) < 4.78 is 0. The molecule has 0 aromatic carbocycles. The van der Waals surface area contributed by atoms with Crippen LogP contribution in [0.4, 0.5) is 0 Å². The molecule has 0 radical (unpaired) electrons. The lowest BCUT2D eigenvalue weighted by atomic mass is 10.8. The van der Waals surface area contributed by atoms with E-state index >= 15 is 0 Å². The van der Waals surface area contributed by atoms with Crippen molar-refractivity contribution in [3.63, 3.8) is 0 Å². The zero-order valence-electron chi connectivity index (χ0n) is 6.17. The Labute approximate surface area is 61.9 Å². The molecule has 1 fully saturated rings. The lowest BCUT2D eigenvalue weighted by Gasteiger charge is -2.08. The molecule has 0 atom stereocenters. The van der Waals surface area contributed by atoms with Crippen LogP contribution in [0.3, 0.4) is 0 Å². The van der Waals surface area contributed by atoms with Gasteiger partial charge < -0.3 is 4.79 Å². The Kier molecular flexibility index (Phi) is 68.6. The van der Waals surface area contributed by atoms with Crippen molar-refractivity contribution in [1.82, 2.24) is 0 Å². The van der Waals surface area contributed by atoms with Crippen LogP contribution in [0.15, 0.2) is 26.3 Å². The van der Waals surface area contributed by atoms with Crippen LogP contribution in [0, 0.1) is 0 Å². The Morgan fingerprint density at radius 3 is 0.900 bits per heavy atom. The number of hydrogen-bond donors (Lipinski definition) is 0. The molecule has 0 aromatic heterocycles. The lowest BCUT2D eigenvalue weighted by Crippen LogP contribution is -2.14. The van der Waals surface area contributed by atoms with Crippen LogP contribution in [-0.4, -0.2) is 20.0 Å². The summed E-state index contributed by atoms with van der Waals surface area (Å²) in [5.74, 6) is 0. The van der Waals surface area contributed by atoms with Crippen LogP contribution in [0.25, 0.3) is 0 Å². The Morgan fingerprint density at radius 1 is 0.800 bits per heavy atom. The maximum absolute atomic E-state index is 8.00. The van der Waals surface area contributed by atoms with E-state index in [0.29, 0.717) is 0 Å². The summed E-state index contributed by atoms with van der Waals surface area (Å²) in [6.07, 6.45) is 0. The fourth-order valence-electron chi connectivity index (χ4n) is 0.0833. The Morgan fingerprint density at radius 2 is 0.900 bits per heavy atom. The van der Waals surface area contributed by atoms with Crippen LogP contribution in [0.2, 0.25) is 0 Å². The van der Waals surface area contributed by atoms with Crippen molar-refractivity contribution in [2.45, 2.75) is 0 Å². The van der Waals surface area contributed by atoms with Gasteiger partial charge in [-0.3, -0.25) is 0 Å². The van der Waals surface area contributed by atoms with Gasteiger partial charge in [-0.25, -0.2) is 9.78 Å². The van der Waals surface area contributed by atoms with Crippen molar-refractivity contribution in [2.24, 2.45) is 0 Å². The Balaban J connectivity index is -0.0000000729. The van der Waals surface area contributed by atoms with E-state index < -0.39 is 0 Å². The fourth-order valence-corrected chi connectivity index (χ4v) is 0.0833. The quantitative estimate of drug-likeness (QED) is 0.382. The van der Waals surface area contributed by atoms with Crippen LogP contribution >= 0.6 is 0 Å². The molecule has 1 rings (SSSR count). The van der Waals surface area contributed by atoms with Crippen molar-refractivity contribution in [3.05, 3.63) is 26.3 Å². The van der Waals surface area contributed by atoms with Gasteiger partial charge in [0.2, 0.25) is 0 Å². The van der Waals surface area contributed by atoms with Crippen molar-refractivity contribution in [2.75, 3.05) is 13.2 Å². The van der Waals surface area contributed by atoms with Gasteiger partial charge in [-0.1, -0.05) is 0 Å². The topological polar surface area (TPSA) is 35.5 Å². The number of carbonyl (C=O) groups excluding carboxylic acids is 1. The maximum atomic E-state index is 8.00. The molecule has 1 saturated heterocycles. The van der Waals surface area contributed by atoms with E-state index in [0.717, 1.165) is 13.2 Å². The Bertz CT molecular complexity index is 35.4. The highest BCUT2D eigenvalue weighted by atomic mass is 17.2. The third-order valence-corrected chi connectivity index (χ3v) is 0.333. The van der Waals surface area contributed by atoms with Gasteiger partial charge in [0, 0.05) is 0 Å². The second-order valence-electron chi connectivity index (χ2n) is 0.644. The second-order valence-corrected chi connectivity index (χ2v) is 0.644. The second kappa shape index (κ2) is 42.8. The van der Waals surface area contributed by atoms with Gasteiger partial charge in [-0.2, -0.15) is 0 Å². The first-order valence-corrected chi connectivity index (χ1v) is 2.53. The highest BCUT2D eigenvalue weighted by molar-refractivity contribution is 5.10. The fraction of sp³-hybridized carbons (Fsp3) is 0.286. The molecule has 10 heavy (non-hydrogen) atoms.